The van der Waals surface area contributed by atoms with Crippen LogP contribution in [-0.4, -0.2) is 33.8 Å². The average molecular weight is 194 g/mol. The summed E-state index contributed by atoms with van der Waals surface area (Å²) < 4.78 is 28.9. The summed E-state index contributed by atoms with van der Waals surface area (Å²) in [5.74, 6) is 0. The smallest absolute Gasteiger partial charge is 1.00 e. The Labute approximate surface area is 89.8 Å². The van der Waals surface area contributed by atoms with Crippen LogP contribution in [0.3, 0.4) is 0 Å². The van der Waals surface area contributed by atoms with Crippen LogP contribution in [0, 0.1) is 0 Å². The molecule has 0 fully saturated rings. The van der Waals surface area contributed by atoms with E-state index in [1.807, 2.05) is 0 Å². The molecule has 5 nitrogen and oxygen atoms in total. The van der Waals surface area contributed by atoms with E-state index in [1.54, 1.807) is 0 Å². The fraction of sp³-hybridized carbons (Fsp3) is 1.00. The monoisotopic (exact) mass is 194 g/mol. The first kappa shape index (κ1) is 14.4. The van der Waals surface area contributed by atoms with Crippen LogP contribution in [-0.2, 0) is 18.8 Å². The predicted molar refractivity (Wildman–Crippen MR) is 34.7 cm³/mol. The number of rotatable bonds is 5. The Hall–Kier alpha value is 0.830. The molecule has 0 aliphatic heterocycles. The van der Waals surface area contributed by atoms with Gasteiger partial charge in [0.25, 0.3) is 0 Å². The number of hydrogen-bond acceptors (Lipinski definition) is 5. The maximum Gasteiger partial charge on any atom is 1.00 e. The minimum atomic E-state index is -3.80. The summed E-state index contributed by atoms with van der Waals surface area (Å²) in [6.07, 6.45) is 0.280. The molecule has 0 aliphatic carbocycles. The van der Waals surface area contributed by atoms with Crippen molar-refractivity contribution < 1.29 is 52.9 Å². The van der Waals surface area contributed by atoms with E-state index >= 15 is 0 Å². The molecular formula is C4H11NaO5S. The topological polar surface area (TPSA) is 72.8 Å². The van der Waals surface area contributed by atoms with Gasteiger partial charge >= 0.3 is 40.0 Å². The molecule has 7 heteroatoms. The molecule has 0 radical (unpaired) electrons. The Morgan fingerprint density at radius 3 is 2.45 bits per heavy atom. The van der Waals surface area contributed by atoms with E-state index in [1.165, 1.54) is 0 Å². The third-order valence-corrected chi connectivity index (χ3v) is 1.60. The van der Waals surface area contributed by atoms with Gasteiger partial charge in [0.15, 0.2) is 0 Å². The van der Waals surface area contributed by atoms with Gasteiger partial charge in [0.1, 0.15) is 0 Å². The standard InChI is InChI=1S/C4H10O5S.Na.H/c1-8-10(6,7)9-4-2-3-5;;/h5H,2-4H2,1H3;;/q;+1;-1. The Morgan fingerprint density at radius 2 is 2.09 bits per heavy atom. The zero-order chi connectivity index (χ0) is 8.04. The van der Waals surface area contributed by atoms with Crippen LogP contribution < -0.4 is 29.6 Å². The number of aliphatic hydroxyl groups excluding tert-OH is 1. The minimum absolute atomic E-state index is 0. The van der Waals surface area contributed by atoms with Crippen molar-refractivity contribution in [2.24, 2.45) is 0 Å². The van der Waals surface area contributed by atoms with E-state index in [-0.39, 0.29) is 50.6 Å². The fourth-order valence-corrected chi connectivity index (χ4v) is 0.692. The Kier molecular flexibility index (Phi) is 9.76. The summed E-state index contributed by atoms with van der Waals surface area (Å²) in [6.45, 7) is -0.147. The van der Waals surface area contributed by atoms with E-state index < -0.39 is 10.4 Å². The van der Waals surface area contributed by atoms with Crippen molar-refractivity contribution in [3.8, 4) is 0 Å². The van der Waals surface area contributed by atoms with E-state index in [0.29, 0.717) is 0 Å². The summed E-state index contributed by atoms with van der Waals surface area (Å²) in [7, 11) is -2.79. The molecule has 0 rings (SSSR count). The second-order valence-electron chi connectivity index (χ2n) is 1.47. The maximum atomic E-state index is 10.3. The van der Waals surface area contributed by atoms with Crippen molar-refractivity contribution in [1.29, 1.82) is 0 Å². The van der Waals surface area contributed by atoms with Crippen LogP contribution in [0.15, 0.2) is 0 Å². The van der Waals surface area contributed by atoms with E-state index in [4.69, 9.17) is 5.11 Å². The SMILES string of the molecule is COS(=O)(=O)OCCCO.[H-].[Na+]. The van der Waals surface area contributed by atoms with Gasteiger partial charge in [-0.1, -0.05) is 0 Å². The molecule has 0 bridgehead atoms. The van der Waals surface area contributed by atoms with Crippen molar-refractivity contribution in [2.75, 3.05) is 20.3 Å². The summed E-state index contributed by atoms with van der Waals surface area (Å²) >= 11 is 0. The van der Waals surface area contributed by atoms with Gasteiger partial charge in [-0.25, -0.2) is 4.18 Å². The zero-order valence-electron chi connectivity index (χ0n) is 7.61. The molecule has 0 aromatic carbocycles. The third kappa shape index (κ3) is 8.74. The molecule has 0 heterocycles. The van der Waals surface area contributed by atoms with Gasteiger partial charge in [-0.05, 0) is 6.42 Å². The molecule has 0 aromatic rings. The van der Waals surface area contributed by atoms with Gasteiger partial charge in [0.05, 0.1) is 13.7 Å². The molecule has 0 saturated heterocycles. The molecule has 0 atom stereocenters. The van der Waals surface area contributed by atoms with E-state index in [0.717, 1.165) is 7.11 Å². The van der Waals surface area contributed by atoms with Crippen LogP contribution in [0.25, 0.3) is 0 Å². The van der Waals surface area contributed by atoms with Crippen molar-refractivity contribution in [3.63, 3.8) is 0 Å². The maximum absolute atomic E-state index is 10.3. The molecule has 64 valence electrons. The quantitative estimate of drug-likeness (QED) is 0.361. The average Bonchev–Trinajstić information content (AvgIpc) is 1.89. The summed E-state index contributed by atoms with van der Waals surface area (Å²) in [4.78, 5) is 0. The summed E-state index contributed by atoms with van der Waals surface area (Å²) in [5, 5.41) is 8.22. The number of aliphatic hydroxyl groups is 1. The van der Waals surface area contributed by atoms with Gasteiger partial charge in [-0.15, -0.1) is 0 Å². The van der Waals surface area contributed by atoms with Crippen molar-refractivity contribution >= 4 is 10.4 Å². The molecule has 11 heavy (non-hydrogen) atoms. The summed E-state index contributed by atoms with van der Waals surface area (Å²) in [5.41, 5.74) is 0. The molecule has 0 amide bonds. The second-order valence-corrected chi connectivity index (χ2v) is 2.86. The first-order valence-corrected chi connectivity index (χ1v) is 4.01. The van der Waals surface area contributed by atoms with Gasteiger partial charge in [-0.3, -0.25) is 4.18 Å². The summed E-state index contributed by atoms with van der Waals surface area (Å²) in [6, 6.07) is 0. The van der Waals surface area contributed by atoms with Crippen LogP contribution in [0.4, 0.5) is 0 Å². The van der Waals surface area contributed by atoms with Crippen LogP contribution in [0.5, 0.6) is 0 Å². The van der Waals surface area contributed by atoms with Crippen molar-refractivity contribution in [2.45, 2.75) is 6.42 Å². The van der Waals surface area contributed by atoms with Gasteiger partial charge in [0.2, 0.25) is 0 Å². The van der Waals surface area contributed by atoms with Crippen molar-refractivity contribution in [3.05, 3.63) is 0 Å². The van der Waals surface area contributed by atoms with Gasteiger partial charge in [-0.2, -0.15) is 8.42 Å². The third-order valence-electron chi connectivity index (χ3n) is 0.734. The normalized spacial score (nSPS) is 10.7. The Bertz CT molecular complexity index is 170. The van der Waals surface area contributed by atoms with Crippen LogP contribution >= 0.6 is 0 Å². The first-order valence-electron chi connectivity index (χ1n) is 2.68. The van der Waals surface area contributed by atoms with Crippen LogP contribution in [0.2, 0.25) is 0 Å². The molecule has 0 unspecified atom stereocenters. The number of hydrogen-bond donors (Lipinski definition) is 1. The zero-order valence-corrected chi connectivity index (χ0v) is 9.43. The largest absolute Gasteiger partial charge is 1.00 e. The molecule has 0 aromatic heterocycles. The molecular weight excluding hydrogens is 183 g/mol. The fourth-order valence-electron chi connectivity index (χ4n) is 0.274. The predicted octanol–water partition coefficient (Wildman–Crippen LogP) is -3.61. The van der Waals surface area contributed by atoms with Gasteiger partial charge < -0.3 is 6.53 Å². The molecule has 0 spiro atoms. The first-order chi connectivity index (χ1) is 4.62. The molecule has 0 saturated carbocycles. The Balaban J connectivity index is -0.000000405. The Morgan fingerprint density at radius 1 is 1.55 bits per heavy atom. The molecule has 0 aliphatic rings. The minimum Gasteiger partial charge on any atom is -1.00 e. The van der Waals surface area contributed by atoms with E-state index in [9.17, 15) is 8.42 Å². The van der Waals surface area contributed by atoms with E-state index in [2.05, 4.69) is 8.37 Å². The van der Waals surface area contributed by atoms with Crippen LogP contribution in [0.1, 0.15) is 7.85 Å². The van der Waals surface area contributed by atoms with Gasteiger partial charge in [0, 0.05) is 6.61 Å². The molecule has 1 N–H and O–H groups in total. The second kappa shape index (κ2) is 7.48. The van der Waals surface area contributed by atoms with Crippen molar-refractivity contribution in [1.82, 2.24) is 0 Å².